The van der Waals surface area contributed by atoms with E-state index in [1.807, 2.05) is 0 Å². The topological polar surface area (TPSA) is 13.1 Å². The molecule has 0 aliphatic heterocycles. The minimum Gasteiger partial charge on any atom is -0.310 e. The maximum Gasteiger partial charge on any atom is 0.0542 e. The molecule has 0 radical (unpaired) electrons. The van der Waals surface area contributed by atoms with Crippen LogP contribution in [-0.2, 0) is 5.41 Å². The summed E-state index contributed by atoms with van der Waals surface area (Å²) in [4.78, 5) is 2.40. The van der Waals surface area contributed by atoms with Crippen molar-refractivity contribution < 1.29 is 0 Å². The number of fused-ring (bicyclic) bond motifs is 7. The molecular weight excluding hydrogens is 643 g/mol. The van der Waals surface area contributed by atoms with E-state index in [1.54, 1.807) is 0 Å². The van der Waals surface area contributed by atoms with Crippen molar-refractivity contribution in [2.45, 2.75) is 26.2 Å². The van der Waals surface area contributed by atoms with Crippen molar-refractivity contribution in [3.8, 4) is 11.4 Å². The number of para-hydroxylation sites is 3. The lowest BCUT2D eigenvalue weighted by molar-refractivity contribution is 0.591. The number of hydrogen-bond acceptors (Lipinski definition) is 1. The van der Waals surface area contributed by atoms with Gasteiger partial charge in [0.1, 0.15) is 0 Å². The summed E-state index contributed by atoms with van der Waals surface area (Å²) in [5, 5.41) is 7.44. The van der Waals surface area contributed by atoms with Crippen molar-refractivity contribution in [1.82, 2.24) is 9.13 Å². The fraction of sp³-hybridized carbons (Fsp3) is 0.0800. The molecule has 0 bridgehead atoms. The number of aromatic nitrogens is 2. The van der Waals surface area contributed by atoms with Crippen molar-refractivity contribution in [3.63, 3.8) is 0 Å². The van der Waals surface area contributed by atoms with Crippen molar-refractivity contribution in [2.75, 3.05) is 4.90 Å². The summed E-state index contributed by atoms with van der Waals surface area (Å²) in [6.07, 6.45) is 0. The summed E-state index contributed by atoms with van der Waals surface area (Å²) in [5.74, 6) is 0. The highest BCUT2D eigenvalue weighted by Crippen LogP contribution is 2.43. The highest BCUT2D eigenvalue weighted by Gasteiger charge is 2.22. The molecule has 0 aliphatic carbocycles. The van der Waals surface area contributed by atoms with E-state index in [1.165, 1.54) is 65.6 Å². The smallest absolute Gasteiger partial charge is 0.0542 e. The Kier molecular flexibility index (Phi) is 7.06. The molecule has 3 heteroatoms. The van der Waals surface area contributed by atoms with E-state index in [-0.39, 0.29) is 5.41 Å². The van der Waals surface area contributed by atoms with Gasteiger partial charge in [0.25, 0.3) is 0 Å². The van der Waals surface area contributed by atoms with Crippen LogP contribution in [0.25, 0.3) is 65.8 Å². The fourth-order valence-electron chi connectivity index (χ4n) is 8.26. The third kappa shape index (κ3) is 5.03. The van der Waals surface area contributed by atoms with Gasteiger partial charge < -0.3 is 14.0 Å². The van der Waals surface area contributed by atoms with E-state index in [4.69, 9.17) is 0 Å². The van der Waals surface area contributed by atoms with Gasteiger partial charge in [0.2, 0.25) is 0 Å². The van der Waals surface area contributed by atoms with Crippen LogP contribution in [0.1, 0.15) is 26.3 Å². The third-order valence-electron chi connectivity index (χ3n) is 10.8. The normalized spacial score (nSPS) is 12.1. The number of hydrogen-bond donors (Lipinski definition) is 0. The minimum absolute atomic E-state index is 0.0314. The standard InChI is InChI=1S/C50H39N3/c1-50(2,3)35-25-28-47-42(31-35)44-33-39(26-29-48(44)52(47)37-19-8-5-9-20-37)51(36-17-6-4-7-18-36)38-27-30-49-43(32-38)41-22-12-13-23-46(41)53(49)45-24-14-16-34-15-10-11-21-40(34)45/h4-33H,1-3H3. The molecule has 0 fully saturated rings. The van der Waals surface area contributed by atoms with E-state index in [0.29, 0.717) is 0 Å². The molecule has 3 nitrogen and oxygen atoms in total. The highest BCUT2D eigenvalue weighted by molar-refractivity contribution is 6.13. The van der Waals surface area contributed by atoms with Gasteiger partial charge in [-0.2, -0.15) is 0 Å². The molecule has 53 heavy (non-hydrogen) atoms. The number of benzene rings is 8. The second-order valence-corrected chi connectivity index (χ2v) is 15.1. The summed E-state index contributed by atoms with van der Waals surface area (Å²) in [6, 6.07) is 66.5. The average molecular weight is 682 g/mol. The first-order valence-electron chi connectivity index (χ1n) is 18.4. The zero-order valence-electron chi connectivity index (χ0n) is 30.2. The molecule has 0 saturated heterocycles. The lowest BCUT2D eigenvalue weighted by Gasteiger charge is -2.26. The Labute approximate surface area is 309 Å². The molecule has 0 amide bonds. The first-order chi connectivity index (χ1) is 25.9. The van der Waals surface area contributed by atoms with Crippen LogP contribution in [0.2, 0.25) is 0 Å². The van der Waals surface area contributed by atoms with Gasteiger partial charge in [-0.15, -0.1) is 0 Å². The summed E-state index contributed by atoms with van der Waals surface area (Å²) >= 11 is 0. The molecule has 2 aromatic heterocycles. The van der Waals surface area contributed by atoms with Crippen LogP contribution in [0, 0.1) is 0 Å². The second kappa shape index (κ2) is 12.0. The molecule has 8 aromatic carbocycles. The molecule has 0 unspecified atom stereocenters. The van der Waals surface area contributed by atoms with Gasteiger partial charge in [-0.1, -0.05) is 118 Å². The van der Waals surface area contributed by atoms with Crippen molar-refractivity contribution >= 4 is 71.4 Å². The first-order valence-corrected chi connectivity index (χ1v) is 18.4. The van der Waals surface area contributed by atoms with Crippen molar-refractivity contribution in [1.29, 1.82) is 0 Å². The van der Waals surface area contributed by atoms with E-state index < -0.39 is 0 Å². The maximum absolute atomic E-state index is 2.43. The van der Waals surface area contributed by atoms with Crippen LogP contribution in [0.5, 0.6) is 0 Å². The van der Waals surface area contributed by atoms with Crippen LogP contribution in [0.4, 0.5) is 17.1 Å². The van der Waals surface area contributed by atoms with E-state index in [9.17, 15) is 0 Å². The predicted octanol–water partition coefficient (Wildman–Crippen LogP) is 13.8. The Hall–Kier alpha value is -6.58. The molecule has 2 heterocycles. The fourth-order valence-corrected chi connectivity index (χ4v) is 8.26. The van der Waals surface area contributed by atoms with Gasteiger partial charge in [0, 0.05) is 49.7 Å². The SMILES string of the molecule is CC(C)(C)c1ccc2c(c1)c1cc(N(c3ccccc3)c3ccc4c(c3)c3ccccc3n4-c3cccc4ccccc34)ccc1n2-c1ccccc1. The van der Waals surface area contributed by atoms with Crippen LogP contribution in [0.3, 0.4) is 0 Å². The predicted molar refractivity (Wildman–Crippen MR) is 226 cm³/mol. The Bertz CT molecular complexity index is 2970. The third-order valence-corrected chi connectivity index (χ3v) is 10.8. The molecule has 10 aromatic rings. The summed E-state index contributed by atoms with van der Waals surface area (Å²) in [6.45, 7) is 6.88. The van der Waals surface area contributed by atoms with Gasteiger partial charge in [-0.25, -0.2) is 0 Å². The number of rotatable bonds is 5. The highest BCUT2D eigenvalue weighted by atomic mass is 15.1. The Balaban J connectivity index is 1.22. The Morgan fingerprint density at radius 3 is 1.62 bits per heavy atom. The Morgan fingerprint density at radius 2 is 0.906 bits per heavy atom. The van der Waals surface area contributed by atoms with E-state index >= 15 is 0 Å². The molecule has 10 rings (SSSR count). The zero-order chi connectivity index (χ0) is 35.7. The molecule has 0 aliphatic rings. The summed E-state index contributed by atoms with van der Waals surface area (Å²) in [7, 11) is 0. The van der Waals surface area contributed by atoms with Gasteiger partial charge in [-0.3, -0.25) is 0 Å². The van der Waals surface area contributed by atoms with Gasteiger partial charge in [0.05, 0.1) is 27.8 Å². The van der Waals surface area contributed by atoms with E-state index in [2.05, 4.69) is 217 Å². The lowest BCUT2D eigenvalue weighted by atomic mass is 9.86. The molecule has 0 atom stereocenters. The lowest BCUT2D eigenvalue weighted by Crippen LogP contribution is -2.10. The quantitative estimate of drug-likeness (QED) is 0.176. The molecule has 0 spiro atoms. The van der Waals surface area contributed by atoms with Crippen molar-refractivity contribution in [2.24, 2.45) is 0 Å². The van der Waals surface area contributed by atoms with E-state index in [0.717, 1.165) is 22.7 Å². The van der Waals surface area contributed by atoms with Gasteiger partial charge >= 0.3 is 0 Å². The zero-order valence-corrected chi connectivity index (χ0v) is 30.2. The minimum atomic E-state index is 0.0314. The average Bonchev–Trinajstić information content (AvgIpc) is 3.70. The van der Waals surface area contributed by atoms with Gasteiger partial charge in [-0.05, 0) is 101 Å². The largest absolute Gasteiger partial charge is 0.310 e. The summed E-state index contributed by atoms with van der Waals surface area (Å²) < 4.78 is 4.84. The molecule has 0 saturated carbocycles. The number of anilines is 3. The maximum atomic E-state index is 2.43. The Morgan fingerprint density at radius 1 is 0.377 bits per heavy atom. The van der Waals surface area contributed by atoms with Crippen molar-refractivity contribution in [3.05, 3.63) is 188 Å². The monoisotopic (exact) mass is 681 g/mol. The first kappa shape index (κ1) is 31.2. The van der Waals surface area contributed by atoms with Crippen LogP contribution in [-0.4, -0.2) is 9.13 Å². The summed E-state index contributed by atoms with van der Waals surface area (Å²) in [5.41, 5.74) is 11.9. The van der Waals surface area contributed by atoms with Crippen LogP contribution in [0.15, 0.2) is 182 Å². The molecule has 0 N–H and O–H groups in total. The second-order valence-electron chi connectivity index (χ2n) is 15.1. The molecule has 254 valence electrons. The molecular formula is C50H39N3. The van der Waals surface area contributed by atoms with Gasteiger partial charge in [0.15, 0.2) is 0 Å². The van der Waals surface area contributed by atoms with Crippen LogP contribution < -0.4 is 4.90 Å². The van der Waals surface area contributed by atoms with Crippen LogP contribution >= 0.6 is 0 Å². The number of nitrogens with zero attached hydrogens (tertiary/aromatic N) is 3.